The molecule has 0 spiro atoms. The number of halogens is 3. The number of nitrogens with zero attached hydrogens (tertiary/aromatic N) is 1. The zero-order valence-corrected chi connectivity index (χ0v) is 17.2. The van der Waals surface area contributed by atoms with E-state index < -0.39 is 40.9 Å². The second-order valence-corrected chi connectivity index (χ2v) is 7.39. The molecule has 0 radical (unpaired) electrons. The predicted molar refractivity (Wildman–Crippen MR) is 108 cm³/mol. The molecule has 3 rings (SSSR count). The molecule has 1 aliphatic rings. The third-order valence-corrected chi connectivity index (χ3v) is 4.87. The van der Waals surface area contributed by atoms with Crippen molar-refractivity contribution in [3.05, 3.63) is 70.3 Å². The van der Waals surface area contributed by atoms with Gasteiger partial charge >= 0.3 is 6.18 Å². The van der Waals surface area contributed by atoms with Crippen molar-refractivity contribution in [2.75, 3.05) is 13.1 Å². The van der Waals surface area contributed by atoms with Crippen molar-refractivity contribution >= 4 is 23.6 Å². The number of rotatable bonds is 6. The second-order valence-electron chi connectivity index (χ2n) is 7.39. The average Bonchev–Trinajstić information content (AvgIpc) is 3.00. The maximum atomic E-state index is 13.0. The Morgan fingerprint density at radius 2 is 1.50 bits per heavy atom. The normalized spacial score (nSPS) is 13.4. The van der Waals surface area contributed by atoms with Crippen LogP contribution in [0.15, 0.2) is 42.5 Å². The van der Waals surface area contributed by atoms with Crippen molar-refractivity contribution < 1.29 is 32.3 Å². The van der Waals surface area contributed by atoms with Crippen LogP contribution in [0.1, 0.15) is 60.8 Å². The Kier molecular flexibility index (Phi) is 6.33. The summed E-state index contributed by atoms with van der Waals surface area (Å²) in [4.78, 5) is 50.3. The summed E-state index contributed by atoms with van der Waals surface area (Å²) < 4.78 is 39.1. The Morgan fingerprint density at radius 3 is 2.12 bits per heavy atom. The van der Waals surface area contributed by atoms with E-state index in [1.807, 2.05) is 0 Å². The van der Waals surface area contributed by atoms with Crippen LogP contribution in [0.5, 0.6) is 0 Å². The number of carbonyl (C=O) groups excluding carboxylic acids is 4. The number of imide groups is 1. The number of benzene rings is 2. The summed E-state index contributed by atoms with van der Waals surface area (Å²) in [6.45, 7) is 3.24. The van der Waals surface area contributed by atoms with E-state index in [2.05, 4.69) is 10.6 Å². The quantitative estimate of drug-likeness (QED) is 0.526. The first-order chi connectivity index (χ1) is 15.0. The molecule has 2 N–H and O–H groups in total. The first-order valence-electron chi connectivity index (χ1n) is 9.77. The van der Waals surface area contributed by atoms with Crippen molar-refractivity contribution in [3.63, 3.8) is 0 Å². The van der Waals surface area contributed by atoms with Gasteiger partial charge in [-0.15, -0.1) is 0 Å². The second kappa shape index (κ2) is 8.81. The maximum Gasteiger partial charge on any atom is 0.417 e. The molecule has 10 heteroatoms. The predicted octanol–water partition coefficient (Wildman–Crippen LogP) is 2.87. The summed E-state index contributed by atoms with van der Waals surface area (Å²) >= 11 is 0. The lowest BCUT2D eigenvalue weighted by atomic mass is 10.1. The Morgan fingerprint density at radius 1 is 0.906 bits per heavy atom. The molecule has 32 heavy (non-hydrogen) atoms. The van der Waals surface area contributed by atoms with Gasteiger partial charge in [-0.3, -0.25) is 24.1 Å². The van der Waals surface area contributed by atoms with E-state index in [9.17, 15) is 32.3 Å². The number of fused-ring (bicyclic) bond motifs is 1. The van der Waals surface area contributed by atoms with Crippen LogP contribution in [0.3, 0.4) is 0 Å². The Balaban J connectivity index is 1.59. The number of hydrogen-bond acceptors (Lipinski definition) is 4. The molecule has 2 aromatic carbocycles. The van der Waals surface area contributed by atoms with Crippen LogP contribution in [0, 0.1) is 0 Å². The molecule has 2 aromatic rings. The lowest BCUT2D eigenvalue weighted by molar-refractivity contribution is -0.137. The van der Waals surface area contributed by atoms with Gasteiger partial charge in [-0.1, -0.05) is 12.1 Å². The van der Waals surface area contributed by atoms with Crippen molar-refractivity contribution in [3.8, 4) is 0 Å². The molecule has 0 aromatic heterocycles. The Bertz CT molecular complexity index is 1100. The van der Waals surface area contributed by atoms with Gasteiger partial charge in [-0.25, -0.2) is 0 Å². The number of alkyl halides is 3. The van der Waals surface area contributed by atoms with Gasteiger partial charge in [0.25, 0.3) is 23.6 Å². The van der Waals surface area contributed by atoms with Gasteiger partial charge in [0.1, 0.15) is 0 Å². The van der Waals surface area contributed by atoms with Crippen LogP contribution in [0.4, 0.5) is 13.2 Å². The van der Waals surface area contributed by atoms with Crippen LogP contribution < -0.4 is 10.6 Å². The monoisotopic (exact) mass is 447 g/mol. The standard InChI is InChI=1S/C22H20F3N3O4/c1-12(2)28-20(31)14-8-7-13(11-16(14)21(28)32)18(29)26-9-10-27-19(30)15-5-3-4-6-17(15)22(23,24)25/h3-8,11-12H,9-10H2,1-2H3,(H,26,29)(H,27,30). The maximum absolute atomic E-state index is 13.0. The Labute approximate surface area is 181 Å². The number of nitrogens with one attached hydrogen (secondary N) is 2. The van der Waals surface area contributed by atoms with E-state index in [-0.39, 0.29) is 35.8 Å². The van der Waals surface area contributed by atoms with Crippen LogP contribution in [0.25, 0.3) is 0 Å². The topological polar surface area (TPSA) is 95.6 Å². The third-order valence-electron chi connectivity index (χ3n) is 4.87. The minimum absolute atomic E-state index is 0.0547. The van der Waals surface area contributed by atoms with E-state index in [0.29, 0.717) is 0 Å². The average molecular weight is 447 g/mol. The van der Waals surface area contributed by atoms with Gasteiger partial charge < -0.3 is 10.6 Å². The Hall–Kier alpha value is -3.69. The first kappa shape index (κ1) is 23.0. The van der Waals surface area contributed by atoms with Crippen molar-refractivity contribution in [1.82, 2.24) is 15.5 Å². The molecule has 0 atom stereocenters. The molecule has 7 nitrogen and oxygen atoms in total. The van der Waals surface area contributed by atoms with Crippen LogP contribution >= 0.6 is 0 Å². The van der Waals surface area contributed by atoms with Crippen LogP contribution in [0.2, 0.25) is 0 Å². The van der Waals surface area contributed by atoms with Crippen LogP contribution in [-0.4, -0.2) is 47.7 Å². The molecule has 1 heterocycles. The molecule has 0 saturated carbocycles. The van der Waals surface area contributed by atoms with E-state index >= 15 is 0 Å². The van der Waals surface area contributed by atoms with E-state index in [1.54, 1.807) is 13.8 Å². The number of hydrogen-bond donors (Lipinski definition) is 2. The molecule has 0 unspecified atom stereocenters. The van der Waals surface area contributed by atoms with E-state index in [0.717, 1.165) is 17.0 Å². The van der Waals surface area contributed by atoms with E-state index in [1.165, 1.54) is 30.3 Å². The fourth-order valence-corrected chi connectivity index (χ4v) is 3.35. The molecule has 4 amide bonds. The molecule has 0 fully saturated rings. The van der Waals surface area contributed by atoms with Crippen molar-refractivity contribution in [2.24, 2.45) is 0 Å². The summed E-state index contributed by atoms with van der Waals surface area (Å²) in [5.74, 6) is -2.37. The fourth-order valence-electron chi connectivity index (χ4n) is 3.35. The summed E-state index contributed by atoms with van der Waals surface area (Å²) in [6, 6.07) is 8.21. The zero-order valence-electron chi connectivity index (χ0n) is 17.2. The summed E-state index contributed by atoms with van der Waals surface area (Å²) in [6.07, 6.45) is -4.67. The smallest absolute Gasteiger partial charge is 0.350 e. The SMILES string of the molecule is CC(C)N1C(=O)c2ccc(C(=O)NCCNC(=O)c3ccccc3C(F)(F)F)cc2C1=O. The molecular formula is C22H20F3N3O4. The minimum atomic E-state index is -4.67. The van der Waals surface area contributed by atoms with E-state index in [4.69, 9.17) is 0 Å². The number of amides is 4. The van der Waals surface area contributed by atoms with Gasteiger partial charge in [0.2, 0.25) is 0 Å². The summed E-state index contributed by atoms with van der Waals surface area (Å²) in [7, 11) is 0. The fraction of sp³-hybridized carbons (Fsp3) is 0.273. The highest BCUT2D eigenvalue weighted by atomic mass is 19.4. The first-order valence-corrected chi connectivity index (χ1v) is 9.77. The lowest BCUT2D eigenvalue weighted by Gasteiger charge is -2.17. The van der Waals surface area contributed by atoms with Crippen molar-refractivity contribution in [1.29, 1.82) is 0 Å². The highest BCUT2D eigenvalue weighted by Crippen LogP contribution is 2.31. The van der Waals surface area contributed by atoms with Gasteiger partial charge in [0.15, 0.2) is 0 Å². The number of carbonyl (C=O) groups is 4. The van der Waals surface area contributed by atoms with Gasteiger partial charge in [-0.05, 0) is 44.2 Å². The summed E-state index contributed by atoms with van der Waals surface area (Å²) in [5.41, 5.74) is -1.06. The molecular weight excluding hydrogens is 427 g/mol. The molecule has 168 valence electrons. The van der Waals surface area contributed by atoms with Gasteiger partial charge in [-0.2, -0.15) is 13.2 Å². The minimum Gasteiger partial charge on any atom is -0.350 e. The zero-order chi connectivity index (χ0) is 23.6. The molecule has 0 aliphatic carbocycles. The molecule has 1 aliphatic heterocycles. The van der Waals surface area contributed by atoms with Gasteiger partial charge in [0, 0.05) is 24.7 Å². The summed E-state index contributed by atoms with van der Waals surface area (Å²) in [5, 5.41) is 4.85. The van der Waals surface area contributed by atoms with Crippen LogP contribution in [-0.2, 0) is 6.18 Å². The molecule has 0 saturated heterocycles. The van der Waals surface area contributed by atoms with Crippen molar-refractivity contribution in [2.45, 2.75) is 26.1 Å². The lowest BCUT2D eigenvalue weighted by Crippen LogP contribution is -2.36. The third kappa shape index (κ3) is 4.48. The molecule has 0 bridgehead atoms. The highest BCUT2D eigenvalue weighted by molar-refractivity contribution is 6.22. The highest BCUT2D eigenvalue weighted by Gasteiger charge is 2.37. The largest absolute Gasteiger partial charge is 0.417 e. The van der Waals surface area contributed by atoms with Gasteiger partial charge in [0.05, 0.1) is 22.3 Å².